The van der Waals surface area contributed by atoms with E-state index in [2.05, 4.69) is 35.9 Å². The molecule has 0 N–H and O–H groups in total. The van der Waals surface area contributed by atoms with Crippen LogP contribution in [0.15, 0.2) is 53.5 Å². The zero-order valence-electron chi connectivity index (χ0n) is 16.8. The lowest BCUT2D eigenvalue weighted by molar-refractivity contribution is 0.0262. The van der Waals surface area contributed by atoms with E-state index >= 15 is 0 Å². The summed E-state index contributed by atoms with van der Waals surface area (Å²) in [6.07, 6.45) is 8.30. The quantitative estimate of drug-likeness (QED) is 0.574. The highest BCUT2D eigenvalue weighted by Crippen LogP contribution is 2.27. The number of piperidine rings is 1. The molecule has 0 aromatic carbocycles. The zero-order chi connectivity index (χ0) is 21.1. The molecule has 154 valence electrons. The van der Waals surface area contributed by atoms with Crippen molar-refractivity contribution in [1.82, 2.24) is 24.8 Å². The number of carbonyl (C=O) groups excluding carboxylic acids is 1. The smallest absolute Gasteiger partial charge is 0.273 e. The van der Waals surface area contributed by atoms with Crippen molar-refractivity contribution >= 4 is 21.8 Å². The van der Waals surface area contributed by atoms with Crippen LogP contribution in [-0.2, 0) is 0 Å². The third-order valence-electron chi connectivity index (χ3n) is 5.18. The van der Waals surface area contributed by atoms with Crippen molar-refractivity contribution < 1.29 is 9.53 Å². The van der Waals surface area contributed by atoms with Crippen LogP contribution in [0, 0.1) is 6.92 Å². The molecule has 8 heteroatoms. The number of aromatic nitrogens is 4. The van der Waals surface area contributed by atoms with Crippen molar-refractivity contribution in [2.75, 3.05) is 6.54 Å². The summed E-state index contributed by atoms with van der Waals surface area (Å²) in [6.45, 7) is 4.60. The molecular weight excluding hydrogens is 446 g/mol. The van der Waals surface area contributed by atoms with Crippen LogP contribution in [0.25, 0.3) is 11.4 Å². The second-order valence-electron chi connectivity index (χ2n) is 7.33. The Bertz CT molecular complexity index is 1030. The van der Waals surface area contributed by atoms with Gasteiger partial charge in [-0.1, -0.05) is 0 Å². The number of carbonyl (C=O) groups is 1. The monoisotopic (exact) mass is 467 g/mol. The highest BCUT2D eigenvalue weighted by molar-refractivity contribution is 9.10. The van der Waals surface area contributed by atoms with E-state index in [9.17, 15) is 4.79 Å². The van der Waals surface area contributed by atoms with Gasteiger partial charge in [0.05, 0.1) is 11.6 Å². The minimum Gasteiger partial charge on any atom is -0.472 e. The van der Waals surface area contributed by atoms with Crippen LogP contribution in [-0.4, -0.2) is 49.4 Å². The average molecular weight is 468 g/mol. The summed E-state index contributed by atoms with van der Waals surface area (Å²) >= 11 is 3.38. The second kappa shape index (κ2) is 8.87. The number of rotatable bonds is 4. The lowest BCUT2D eigenvalue weighted by atomic mass is 9.98. The van der Waals surface area contributed by atoms with E-state index in [4.69, 9.17) is 4.74 Å². The number of halogens is 1. The first-order chi connectivity index (χ1) is 14.5. The lowest BCUT2D eigenvalue weighted by Gasteiger charge is -2.39. The van der Waals surface area contributed by atoms with E-state index in [0.717, 1.165) is 22.9 Å². The SMILES string of the molecule is Cc1cnc(C(=O)N2CCC[C@@H](Oc3ccc(Br)cn3)[C@@H]2C)c(-c2ncccn2)c1. The van der Waals surface area contributed by atoms with Gasteiger partial charge < -0.3 is 9.64 Å². The minimum absolute atomic E-state index is 0.121. The summed E-state index contributed by atoms with van der Waals surface area (Å²) in [4.78, 5) is 32.7. The number of nitrogens with zero attached hydrogens (tertiary/aromatic N) is 5. The predicted molar refractivity (Wildman–Crippen MR) is 116 cm³/mol. The molecule has 7 nitrogen and oxygen atoms in total. The molecule has 0 aliphatic carbocycles. The van der Waals surface area contributed by atoms with Crippen LogP contribution >= 0.6 is 15.9 Å². The van der Waals surface area contributed by atoms with E-state index in [1.54, 1.807) is 30.9 Å². The van der Waals surface area contributed by atoms with Gasteiger partial charge in [-0.3, -0.25) is 9.78 Å². The predicted octanol–water partition coefficient (Wildman–Crippen LogP) is 4.08. The molecular formula is C22H22BrN5O2. The number of hydrogen-bond acceptors (Lipinski definition) is 6. The molecule has 4 rings (SSSR count). The van der Waals surface area contributed by atoms with Gasteiger partial charge >= 0.3 is 0 Å². The van der Waals surface area contributed by atoms with Gasteiger partial charge in [0.1, 0.15) is 11.8 Å². The molecule has 0 saturated carbocycles. The Kier molecular flexibility index (Phi) is 6.03. The van der Waals surface area contributed by atoms with Crippen molar-refractivity contribution in [2.45, 2.75) is 38.8 Å². The molecule has 4 heterocycles. The van der Waals surface area contributed by atoms with Gasteiger partial charge in [0.25, 0.3) is 5.91 Å². The Morgan fingerprint density at radius 2 is 1.97 bits per heavy atom. The van der Waals surface area contributed by atoms with Gasteiger partial charge in [0, 0.05) is 41.9 Å². The van der Waals surface area contributed by atoms with Gasteiger partial charge in [-0.25, -0.2) is 15.0 Å². The molecule has 0 bridgehead atoms. The molecule has 1 aliphatic rings. The second-order valence-corrected chi connectivity index (χ2v) is 8.25. The molecule has 3 aromatic rings. The van der Waals surface area contributed by atoms with Crippen molar-refractivity contribution in [3.8, 4) is 17.3 Å². The Labute approximate surface area is 183 Å². The highest BCUT2D eigenvalue weighted by atomic mass is 79.9. The summed E-state index contributed by atoms with van der Waals surface area (Å²) in [5, 5.41) is 0. The van der Waals surface area contributed by atoms with E-state index in [0.29, 0.717) is 29.5 Å². The summed E-state index contributed by atoms with van der Waals surface area (Å²) in [6, 6.07) is 7.25. The molecule has 3 aromatic heterocycles. The Morgan fingerprint density at radius 1 is 1.17 bits per heavy atom. The van der Waals surface area contributed by atoms with Crippen molar-refractivity contribution in [1.29, 1.82) is 0 Å². The van der Waals surface area contributed by atoms with Gasteiger partial charge in [-0.05, 0) is 66.4 Å². The van der Waals surface area contributed by atoms with Crippen LogP contribution in [0.2, 0.25) is 0 Å². The molecule has 1 aliphatic heterocycles. The number of likely N-dealkylation sites (tertiary alicyclic amines) is 1. The first-order valence-corrected chi connectivity index (χ1v) is 10.7. The van der Waals surface area contributed by atoms with Crippen molar-refractivity contribution in [2.24, 2.45) is 0 Å². The number of ether oxygens (including phenoxy) is 1. The fourth-order valence-corrected chi connectivity index (χ4v) is 3.86. The van der Waals surface area contributed by atoms with E-state index in [-0.39, 0.29) is 18.1 Å². The van der Waals surface area contributed by atoms with Crippen LogP contribution in [0.5, 0.6) is 5.88 Å². The average Bonchev–Trinajstić information content (AvgIpc) is 2.77. The largest absolute Gasteiger partial charge is 0.472 e. The van der Waals surface area contributed by atoms with Crippen LogP contribution in [0.4, 0.5) is 0 Å². The normalized spacial score (nSPS) is 18.8. The summed E-state index contributed by atoms with van der Waals surface area (Å²) in [7, 11) is 0. The Hall–Kier alpha value is -2.87. The maximum atomic E-state index is 13.5. The van der Waals surface area contributed by atoms with Crippen LogP contribution in [0.1, 0.15) is 35.8 Å². The number of amides is 1. The number of aryl methyl sites for hydroxylation is 1. The van der Waals surface area contributed by atoms with E-state index < -0.39 is 0 Å². The molecule has 1 fully saturated rings. The van der Waals surface area contributed by atoms with Crippen molar-refractivity contribution in [3.63, 3.8) is 0 Å². The third kappa shape index (κ3) is 4.33. The molecule has 30 heavy (non-hydrogen) atoms. The molecule has 0 spiro atoms. The molecule has 2 atom stereocenters. The fourth-order valence-electron chi connectivity index (χ4n) is 3.62. The van der Waals surface area contributed by atoms with Gasteiger partial charge in [-0.15, -0.1) is 0 Å². The fraction of sp³-hybridized carbons (Fsp3) is 0.318. The summed E-state index contributed by atoms with van der Waals surface area (Å²) in [5.41, 5.74) is 1.95. The molecule has 0 radical (unpaired) electrons. The highest BCUT2D eigenvalue weighted by Gasteiger charge is 2.35. The number of hydrogen-bond donors (Lipinski definition) is 0. The maximum absolute atomic E-state index is 13.5. The van der Waals surface area contributed by atoms with Crippen molar-refractivity contribution in [3.05, 3.63) is 64.8 Å². The molecule has 0 unspecified atom stereocenters. The Balaban J connectivity index is 1.59. The van der Waals surface area contributed by atoms with Gasteiger partial charge in [0.2, 0.25) is 5.88 Å². The van der Waals surface area contributed by atoms with Crippen LogP contribution < -0.4 is 4.74 Å². The first kappa shape index (κ1) is 20.4. The van der Waals surface area contributed by atoms with Gasteiger partial charge in [-0.2, -0.15) is 0 Å². The standard InChI is InChI=1S/C22H22BrN5O2/c1-14-11-17(21-24-8-4-9-25-21)20(27-12-14)22(29)28-10-3-5-18(15(28)2)30-19-7-6-16(23)13-26-19/h4,6-9,11-13,15,18H,3,5,10H2,1-2H3/t15-,18+/m0/s1. The minimum atomic E-state index is -0.141. The maximum Gasteiger partial charge on any atom is 0.273 e. The van der Waals surface area contributed by atoms with Crippen LogP contribution in [0.3, 0.4) is 0 Å². The number of pyridine rings is 2. The van der Waals surface area contributed by atoms with Gasteiger partial charge in [0.15, 0.2) is 5.82 Å². The molecule has 1 saturated heterocycles. The van der Waals surface area contributed by atoms with E-state index in [1.165, 1.54) is 0 Å². The Morgan fingerprint density at radius 3 is 2.70 bits per heavy atom. The summed E-state index contributed by atoms with van der Waals surface area (Å²) in [5.74, 6) is 0.909. The topological polar surface area (TPSA) is 81.1 Å². The van der Waals surface area contributed by atoms with E-state index in [1.807, 2.05) is 36.9 Å². The first-order valence-electron chi connectivity index (χ1n) is 9.86. The lowest BCUT2D eigenvalue weighted by Crippen LogP contribution is -2.51. The zero-order valence-corrected chi connectivity index (χ0v) is 18.4. The third-order valence-corrected chi connectivity index (χ3v) is 5.65. The summed E-state index contributed by atoms with van der Waals surface area (Å²) < 4.78 is 6.99. The molecule has 1 amide bonds.